The minimum absolute atomic E-state index is 0.193. The summed E-state index contributed by atoms with van der Waals surface area (Å²) < 4.78 is 6.54. The first-order valence-electron chi connectivity index (χ1n) is 6.07. The molecule has 0 spiro atoms. The lowest BCUT2D eigenvalue weighted by atomic mass is 10.2. The molecule has 3 aromatic rings. The zero-order valence-corrected chi connectivity index (χ0v) is 12.5. The van der Waals surface area contributed by atoms with Gasteiger partial charge in [-0.1, -0.05) is 16.8 Å². The summed E-state index contributed by atoms with van der Waals surface area (Å²) in [4.78, 5) is 4.57. The smallest absolute Gasteiger partial charge is 0.157 e. The normalized spacial score (nSPS) is 12.8. The van der Waals surface area contributed by atoms with E-state index >= 15 is 0 Å². The molecule has 0 aromatic carbocycles. The van der Waals surface area contributed by atoms with Crippen LogP contribution in [0.2, 0.25) is 5.02 Å². The predicted molar refractivity (Wildman–Crippen MR) is 75.8 cm³/mol. The Balaban J connectivity index is 1.76. The molecule has 20 heavy (non-hydrogen) atoms. The number of nitrogens with zero attached hydrogens (tertiary/aromatic N) is 5. The van der Waals surface area contributed by atoms with Gasteiger partial charge in [0, 0.05) is 18.0 Å². The molecule has 0 amide bonds. The Morgan fingerprint density at radius 2 is 2.30 bits per heavy atom. The predicted octanol–water partition coefficient (Wildman–Crippen LogP) is 3.16. The Morgan fingerprint density at radius 3 is 2.95 bits per heavy atom. The van der Waals surface area contributed by atoms with Gasteiger partial charge >= 0.3 is 0 Å². The summed E-state index contributed by atoms with van der Waals surface area (Å²) in [5.74, 6) is 0. The molecule has 1 unspecified atom stereocenters. The fraction of sp³-hybridized carbons (Fsp3) is 0.333. The highest BCUT2D eigenvalue weighted by Crippen LogP contribution is 2.24. The molecule has 6 nitrogen and oxygen atoms in total. The molecule has 104 valence electrons. The third kappa shape index (κ3) is 2.59. The van der Waals surface area contributed by atoms with Crippen molar-refractivity contribution >= 4 is 22.9 Å². The van der Waals surface area contributed by atoms with E-state index in [4.69, 9.17) is 16.2 Å². The summed E-state index contributed by atoms with van der Waals surface area (Å²) in [6, 6.07) is 0.193. The first kappa shape index (κ1) is 13.3. The van der Waals surface area contributed by atoms with E-state index in [2.05, 4.69) is 27.3 Å². The van der Waals surface area contributed by atoms with Crippen LogP contribution in [0.3, 0.4) is 0 Å². The van der Waals surface area contributed by atoms with Gasteiger partial charge < -0.3 is 0 Å². The highest BCUT2D eigenvalue weighted by atomic mass is 35.5. The summed E-state index contributed by atoms with van der Waals surface area (Å²) in [6.07, 6.45) is 4.23. The van der Waals surface area contributed by atoms with Crippen LogP contribution in [0.5, 0.6) is 0 Å². The largest absolute Gasteiger partial charge is 0.268 e. The molecule has 0 saturated carbocycles. The van der Waals surface area contributed by atoms with Crippen LogP contribution in [-0.2, 0) is 6.42 Å². The quantitative estimate of drug-likeness (QED) is 0.740. The first-order valence-corrected chi connectivity index (χ1v) is 7.33. The van der Waals surface area contributed by atoms with Crippen LogP contribution in [0.25, 0.3) is 11.4 Å². The highest BCUT2D eigenvalue weighted by Gasteiger charge is 2.14. The summed E-state index contributed by atoms with van der Waals surface area (Å²) >= 11 is 7.47. The van der Waals surface area contributed by atoms with Crippen molar-refractivity contribution in [2.24, 2.45) is 0 Å². The highest BCUT2D eigenvalue weighted by molar-refractivity contribution is 7.09. The summed E-state index contributed by atoms with van der Waals surface area (Å²) in [5.41, 5.74) is 2.24. The number of rotatable bonds is 4. The summed E-state index contributed by atoms with van der Waals surface area (Å²) in [6.45, 7) is 3.92. The number of hydrogen-bond donors (Lipinski definition) is 0. The second-order valence-corrected chi connectivity index (χ2v) is 5.90. The van der Waals surface area contributed by atoms with E-state index in [1.54, 1.807) is 17.5 Å². The van der Waals surface area contributed by atoms with Crippen LogP contribution < -0.4 is 0 Å². The number of aryl methyl sites for hydroxylation is 1. The fourth-order valence-electron chi connectivity index (χ4n) is 1.88. The van der Waals surface area contributed by atoms with Crippen LogP contribution in [0.15, 0.2) is 22.4 Å². The fourth-order valence-corrected chi connectivity index (χ4v) is 2.92. The lowest BCUT2D eigenvalue weighted by molar-refractivity contribution is 0.306. The van der Waals surface area contributed by atoms with Crippen molar-refractivity contribution in [2.75, 3.05) is 0 Å². The molecular weight excluding hydrogens is 298 g/mol. The number of aromatic nitrogens is 5. The van der Waals surface area contributed by atoms with E-state index < -0.39 is 0 Å². The zero-order chi connectivity index (χ0) is 14.1. The van der Waals surface area contributed by atoms with Gasteiger partial charge in [-0.05, 0) is 19.0 Å². The zero-order valence-electron chi connectivity index (χ0n) is 10.9. The molecule has 3 heterocycles. The van der Waals surface area contributed by atoms with E-state index in [-0.39, 0.29) is 6.04 Å². The molecule has 0 radical (unpaired) electrons. The van der Waals surface area contributed by atoms with Gasteiger partial charge in [0.15, 0.2) is 5.69 Å². The number of hydrogen-bond acceptors (Lipinski definition) is 6. The SMILES string of the molecule is Cc1nonc1-c1csc(CC(C)n2cc(Cl)cn2)n1. The van der Waals surface area contributed by atoms with Crippen LogP contribution in [0.4, 0.5) is 0 Å². The number of halogens is 1. The van der Waals surface area contributed by atoms with Crippen molar-refractivity contribution < 1.29 is 4.63 Å². The molecule has 0 bridgehead atoms. The van der Waals surface area contributed by atoms with E-state index in [1.807, 2.05) is 23.2 Å². The molecule has 8 heteroatoms. The van der Waals surface area contributed by atoms with Crippen LogP contribution in [-0.4, -0.2) is 25.1 Å². The van der Waals surface area contributed by atoms with Crippen molar-refractivity contribution in [3.05, 3.63) is 33.5 Å². The second kappa shape index (κ2) is 5.34. The van der Waals surface area contributed by atoms with Gasteiger partial charge in [-0.2, -0.15) is 5.10 Å². The molecule has 0 saturated heterocycles. The molecule has 0 fully saturated rings. The van der Waals surface area contributed by atoms with Crippen molar-refractivity contribution in [2.45, 2.75) is 26.3 Å². The standard InChI is InChI=1S/C12H12ClN5OS/c1-7(18-5-9(13)4-14-18)3-11-15-10(6-20-11)12-8(2)16-19-17-12/h4-7H,3H2,1-2H3. The maximum atomic E-state index is 5.87. The summed E-state index contributed by atoms with van der Waals surface area (Å²) in [7, 11) is 0. The molecule has 3 aromatic heterocycles. The van der Waals surface area contributed by atoms with Gasteiger partial charge in [-0.15, -0.1) is 11.3 Å². The van der Waals surface area contributed by atoms with Gasteiger partial charge in [-0.25, -0.2) is 9.61 Å². The molecule has 0 N–H and O–H groups in total. The Kier molecular flexibility index (Phi) is 3.54. The Morgan fingerprint density at radius 1 is 1.45 bits per heavy atom. The van der Waals surface area contributed by atoms with E-state index in [0.29, 0.717) is 10.7 Å². The van der Waals surface area contributed by atoms with E-state index in [1.165, 1.54) is 0 Å². The van der Waals surface area contributed by atoms with Crippen molar-refractivity contribution in [3.63, 3.8) is 0 Å². The average molecular weight is 310 g/mol. The Hall–Kier alpha value is -1.73. The lowest BCUT2D eigenvalue weighted by Crippen LogP contribution is -2.08. The molecule has 0 aliphatic heterocycles. The minimum atomic E-state index is 0.193. The van der Waals surface area contributed by atoms with Gasteiger partial charge in [0.25, 0.3) is 0 Å². The third-order valence-electron chi connectivity index (χ3n) is 2.94. The maximum Gasteiger partial charge on any atom is 0.157 e. The molecule has 1 atom stereocenters. The van der Waals surface area contributed by atoms with Crippen LogP contribution in [0, 0.1) is 6.92 Å². The Labute approximate surface area is 124 Å². The van der Waals surface area contributed by atoms with Gasteiger partial charge in [0.1, 0.15) is 11.4 Å². The first-order chi connectivity index (χ1) is 9.63. The molecule has 0 aliphatic carbocycles. The van der Waals surface area contributed by atoms with Gasteiger partial charge in [-0.3, -0.25) is 4.68 Å². The van der Waals surface area contributed by atoms with Crippen molar-refractivity contribution in [1.82, 2.24) is 25.1 Å². The third-order valence-corrected chi connectivity index (χ3v) is 4.00. The monoisotopic (exact) mass is 309 g/mol. The van der Waals surface area contributed by atoms with E-state index in [0.717, 1.165) is 22.8 Å². The second-order valence-electron chi connectivity index (χ2n) is 4.52. The van der Waals surface area contributed by atoms with Crippen molar-refractivity contribution in [3.8, 4) is 11.4 Å². The van der Waals surface area contributed by atoms with E-state index in [9.17, 15) is 0 Å². The molecule has 0 aliphatic rings. The number of thiazole rings is 1. The van der Waals surface area contributed by atoms with Crippen LogP contribution in [0.1, 0.15) is 23.7 Å². The van der Waals surface area contributed by atoms with Crippen molar-refractivity contribution in [1.29, 1.82) is 0 Å². The Bertz CT molecular complexity index is 719. The lowest BCUT2D eigenvalue weighted by Gasteiger charge is -2.09. The van der Waals surface area contributed by atoms with Gasteiger partial charge in [0.05, 0.1) is 22.3 Å². The maximum absolute atomic E-state index is 5.87. The minimum Gasteiger partial charge on any atom is -0.268 e. The topological polar surface area (TPSA) is 69.6 Å². The van der Waals surface area contributed by atoms with Crippen LogP contribution >= 0.6 is 22.9 Å². The molecule has 3 rings (SSSR count). The van der Waals surface area contributed by atoms with Gasteiger partial charge in [0.2, 0.25) is 0 Å². The summed E-state index contributed by atoms with van der Waals surface area (Å²) in [5, 5.41) is 15.5. The average Bonchev–Trinajstić information content (AvgIpc) is 3.10. The molecular formula is C12H12ClN5OS.